The van der Waals surface area contributed by atoms with E-state index in [9.17, 15) is 9.18 Å². The minimum absolute atomic E-state index is 0.281. The number of carbonyl (C=O) groups is 1. The smallest absolute Gasteiger partial charge is 0.333 e. The van der Waals surface area contributed by atoms with Crippen molar-refractivity contribution in [1.82, 2.24) is 0 Å². The van der Waals surface area contributed by atoms with E-state index in [1.807, 2.05) is 19.1 Å². The minimum atomic E-state index is -0.694. The van der Waals surface area contributed by atoms with Crippen molar-refractivity contribution in [3.8, 4) is 0 Å². The number of para-hydroxylation sites is 1. The molecular weight excluding hydrogens is 265 g/mol. The Morgan fingerprint density at radius 3 is 2.63 bits per heavy atom. The summed E-state index contributed by atoms with van der Waals surface area (Å²) >= 11 is 1.48. The number of hydrogen-bond donors (Lipinski definition) is 1. The molecule has 19 heavy (non-hydrogen) atoms. The van der Waals surface area contributed by atoms with Crippen LogP contribution >= 0.6 is 11.3 Å². The molecule has 0 fully saturated rings. The number of benzene rings is 1. The van der Waals surface area contributed by atoms with Crippen LogP contribution in [0.5, 0.6) is 0 Å². The van der Waals surface area contributed by atoms with Gasteiger partial charge in [-0.25, -0.2) is 9.18 Å². The first kappa shape index (κ1) is 13.5. The first-order valence-corrected chi connectivity index (χ1v) is 6.58. The van der Waals surface area contributed by atoms with Crippen LogP contribution in [-0.2, 0) is 9.53 Å². The van der Waals surface area contributed by atoms with Crippen LogP contribution in [0.2, 0.25) is 0 Å². The van der Waals surface area contributed by atoms with Crippen LogP contribution in [0.1, 0.15) is 15.8 Å². The second-order valence-corrected chi connectivity index (χ2v) is 5.35. The highest BCUT2D eigenvalue weighted by Crippen LogP contribution is 2.28. The summed E-state index contributed by atoms with van der Waals surface area (Å²) in [4.78, 5) is 13.7. The Morgan fingerprint density at radius 2 is 2.05 bits per heavy atom. The number of methoxy groups -OCH3 is 1. The molecule has 2 aromatic rings. The zero-order valence-electron chi connectivity index (χ0n) is 10.6. The lowest BCUT2D eigenvalue weighted by Gasteiger charge is -2.16. The first-order valence-electron chi connectivity index (χ1n) is 5.77. The van der Waals surface area contributed by atoms with E-state index < -0.39 is 17.8 Å². The molecule has 1 heterocycles. The zero-order chi connectivity index (χ0) is 13.8. The molecule has 1 atom stereocenters. The molecule has 0 aliphatic carbocycles. The molecule has 1 unspecified atom stereocenters. The van der Waals surface area contributed by atoms with Crippen LogP contribution in [0.25, 0.3) is 0 Å². The van der Waals surface area contributed by atoms with Gasteiger partial charge in [0.2, 0.25) is 0 Å². The van der Waals surface area contributed by atoms with Crippen LogP contribution in [-0.4, -0.2) is 13.1 Å². The molecule has 0 spiro atoms. The predicted molar refractivity (Wildman–Crippen MR) is 73.8 cm³/mol. The molecule has 100 valence electrons. The van der Waals surface area contributed by atoms with Crippen molar-refractivity contribution >= 4 is 23.0 Å². The van der Waals surface area contributed by atoms with E-state index in [1.165, 1.54) is 24.5 Å². The second kappa shape index (κ2) is 5.84. The number of carbonyl (C=O) groups excluding carboxylic acids is 1. The molecule has 2 rings (SSSR count). The number of rotatable bonds is 4. The number of anilines is 1. The van der Waals surface area contributed by atoms with E-state index in [2.05, 4.69) is 5.32 Å². The largest absolute Gasteiger partial charge is 0.467 e. The number of esters is 1. The van der Waals surface area contributed by atoms with E-state index in [4.69, 9.17) is 4.74 Å². The molecule has 5 heteroatoms. The fourth-order valence-corrected chi connectivity index (χ4v) is 2.62. The average Bonchev–Trinajstić information content (AvgIpc) is 2.83. The van der Waals surface area contributed by atoms with Gasteiger partial charge in [0.1, 0.15) is 5.82 Å². The first-order chi connectivity index (χ1) is 9.11. The third-order valence-corrected chi connectivity index (χ3v) is 3.72. The lowest BCUT2D eigenvalue weighted by molar-refractivity contribution is -0.141. The molecule has 0 bridgehead atoms. The molecule has 0 amide bonds. The SMILES string of the molecule is COC(=O)C(Nc1ccccc1F)c1ccc(C)s1. The van der Waals surface area contributed by atoms with Crippen LogP contribution in [0.15, 0.2) is 36.4 Å². The molecule has 1 aromatic heterocycles. The van der Waals surface area contributed by atoms with Crippen molar-refractivity contribution in [1.29, 1.82) is 0 Å². The van der Waals surface area contributed by atoms with Crippen LogP contribution in [0.4, 0.5) is 10.1 Å². The van der Waals surface area contributed by atoms with Crippen molar-refractivity contribution in [2.45, 2.75) is 13.0 Å². The van der Waals surface area contributed by atoms with E-state index in [0.717, 1.165) is 9.75 Å². The summed E-state index contributed by atoms with van der Waals surface area (Å²) in [5, 5.41) is 2.89. The molecule has 0 saturated carbocycles. The van der Waals surface area contributed by atoms with Crippen molar-refractivity contribution in [3.05, 3.63) is 52.0 Å². The van der Waals surface area contributed by atoms with Crippen molar-refractivity contribution in [2.24, 2.45) is 0 Å². The monoisotopic (exact) mass is 279 g/mol. The lowest BCUT2D eigenvalue weighted by atomic mass is 10.2. The third kappa shape index (κ3) is 3.12. The van der Waals surface area contributed by atoms with Gasteiger partial charge in [0.15, 0.2) is 6.04 Å². The van der Waals surface area contributed by atoms with Crippen LogP contribution in [0, 0.1) is 12.7 Å². The summed E-state index contributed by atoms with van der Waals surface area (Å²) < 4.78 is 18.4. The Labute approximate surface area is 115 Å². The zero-order valence-corrected chi connectivity index (χ0v) is 11.5. The summed E-state index contributed by atoms with van der Waals surface area (Å²) in [5.41, 5.74) is 0.281. The highest BCUT2D eigenvalue weighted by Gasteiger charge is 2.23. The number of thiophene rings is 1. The third-order valence-electron chi connectivity index (χ3n) is 2.66. The summed E-state index contributed by atoms with van der Waals surface area (Å²) in [5.74, 6) is -0.838. The number of nitrogens with one attached hydrogen (secondary N) is 1. The number of hydrogen-bond acceptors (Lipinski definition) is 4. The van der Waals surface area contributed by atoms with E-state index in [1.54, 1.807) is 18.2 Å². The number of ether oxygens (including phenoxy) is 1. The van der Waals surface area contributed by atoms with Gasteiger partial charge in [-0.05, 0) is 31.2 Å². The van der Waals surface area contributed by atoms with Crippen molar-refractivity contribution in [2.75, 3.05) is 12.4 Å². The topological polar surface area (TPSA) is 38.3 Å². The van der Waals surface area contributed by atoms with Crippen molar-refractivity contribution in [3.63, 3.8) is 0 Å². The standard InChI is InChI=1S/C14H14FNO2S/c1-9-7-8-12(19-9)13(14(17)18-2)16-11-6-4-3-5-10(11)15/h3-8,13,16H,1-2H3. The Bertz CT molecular complexity index is 582. The molecular formula is C14H14FNO2S. The van der Waals surface area contributed by atoms with Crippen molar-refractivity contribution < 1.29 is 13.9 Å². The Balaban J connectivity index is 2.29. The summed E-state index contributed by atoms with van der Waals surface area (Å²) in [6.45, 7) is 1.95. The van der Waals surface area contributed by atoms with Gasteiger partial charge < -0.3 is 10.1 Å². The van der Waals surface area contributed by atoms with Gasteiger partial charge in [-0.2, -0.15) is 0 Å². The maximum atomic E-state index is 13.6. The number of aryl methyl sites for hydroxylation is 1. The maximum Gasteiger partial charge on any atom is 0.333 e. The van der Waals surface area contributed by atoms with Gasteiger partial charge in [-0.1, -0.05) is 12.1 Å². The van der Waals surface area contributed by atoms with Gasteiger partial charge >= 0.3 is 5.97 Å². The number of halogens is 1. The molecule has 0 aliphatic heterocycles. The van der Waals surface area contributed by atoms with Gasteiger partial charge in [0.25, 0.3) is 0 Å². The quantitative estimate of drug-likeness (QED) is 0.870. The summed E-state index contributed by atoms with van der Waals surface area (Å²) in [6.07, 6.45) is 0. The highest BCUT2D eigenvalue weighted by atomic mass is 32.1. The van der Waals surface area contributed by atoms with E-state index in [-0.39, 0.29) is 5.69 Å². The molecule has 0 aliphatic rings. The van der Waals surface area contributed by atoms with Gasteiger partial charge in [-0.3, -0.25) is 0 Å². The average molecular weight is 279 g/mol. The molecule has 0 saturated heterocycles. The predicted octanol–water partition coefficient (Wildman–Crippen LogP) is 3.52. The van der Waals surface area contributed by atoms with E-state index >= 15 is 0 Å². The Hall–Kier alpha value is -1.88. The fourth-order valence-electron chi connectivity index (χ4n) is 1.71. The maximum absolute atomic E-state index is 13.6. The van der Waals surface area contributed by atoms with E-state index in [0.29, 0.717) is 0 Å². The minimum Gasteiger partial charge on any atom is -0.467 e. The molecule has 1 aromatic carbocycles. The molecule has 3 nitrogen and oxygen atoms in total. The van der Waals surface area contributed by atoms with Gasteiger partial charge in [0.05, 0.1) is 12.8 Å². The van der Waals surface area contributed by atoms with Crippen LogP contribution in [0.3, 0.4) is 0 Å². The van der Waals surface area contributed by atoms with Crippen LogP contribution < -0.4 is 5.32 Å². The molecule has 0 radical (unpaired) electrons. The lowest BCUT2D eigenvalue weighted by Crippen LogP contribution is -2.21. The summed E-state index contributed by atoms with van der Waals surface area (Å²) in [6, 6.07) is 9.30. The Kier molecular flexibility index (Phi) is 4.16. The summed E-state index contributed by atoms with van der Waals surface area (Å²) in [7, 11) is 1.32. The second-order valence-electron chi connectivity index (χ2n) is 4.03. The van der Waals surface area contributed by atoms with Gasteiger partial charge in [0, 0.05) is 9.75 Å². The van der Waals surface area contributed by atoms with Gasteiger partial charge in [-0.15, -0.1) is 11.3 Å². The highest BCUT2D eigenvalue weighted by molar-refractivity contribution is 7.12. The Morgan fingerprint density at radius 1 is 1.32 bits per heavy atom. The fraction of sp³-hybridized carbons (Fsp3) is 0.214. The normalized spacial score (nSPS) is 11.9. The molecule has 1 N–H and O–H groups in total.